The van der Waals surface area contributed by atoms with Gasteiger partial charge in [0.05, 0.1) is 6.61 Å². The molecule has 1 aromatic carbocycles. The minimum absolute atomic E-state index is 0.673. The van der Waals surface area contributed by atoms with Gasteiger partial charge in [0.2, 0.25) is 5.90 Å². The molecule has 0 saturated carbocycles. The van der Waals surface area contributed by atoms with Crippen LogP contribution in [0.1, 0.15) is 122 Å². The summed E-state index contributed by atoms with van der Waals surface area (Å²) in [6.45, 7) is 5.86. The van der Waals surface area contributed by atoms with Crippen molar-refractivity contribution in [3.63, 3.8) is 0 Å². The summed E-state index contributed by atoms with van der Waals surface area (Å²) in [4.78, 5) is 4.68. The van der Waals surface area contributed by atoms with Gasteiger partial charge in [-0.25, -0.2) is 0 Å². The molecule has 0 fully saturated rings. The number of ether oxygens (including phenoxy) is 1. The predicted octanol–water partition coefficient (Wildman–Crippen LogP) is 8.73. The predicted molar refractivity (Wildman–Crippen MR) is 129 cm³/mol. The van der Waals surface area contributed by atoms with E-state index in [1.54, 1.807) is 0 Å². The van der Waals surface area contributed by atoms with Crippen molar-refractivity contribution in [2.24, 2.45) is 4.99 Å². The van der Waals surface area contributed by atoms with Crippen molar-refractivity contribution < 1.29 is 4.74 Å². The van der Waals surface area contributed by atoms with E-state index >= 15 is 0 Å². The first-order valence-electron chi connectivity index (χ1n) is 12.6. The van der Waals surface area contributed by atoms with Crippen molar-refractivity contribution in [1.82, 2.24) is 0 Å². The molecule has 0 radical (unpaired) electrons. The largest absolute Gasteiger partial charge is 0.478 e. The first-order valence-corrected chi connectivity index (χ1v) is 12.6. The first-order chi connectivity index (χ1) is 14.4. The van der Waals surface area contributed by atoms with E-state index in [9.17, 15) is 0 Å². The summed E-state index contributed by atoms with van der Waals surface area (Å²) < 4.78 is 5.71. The third-order valence-corrected chi connectivity index (χ3v) is 5.57. The maximum Gasteiger partial charge on any atom is 0.216 e. The number of rotatable bonds is 19. The van der Waals surface area contributed by atoms with Gasteiger partial charge < -0.3 is 4.74 Å². The quantitative estimate of drug-likeness (QED) is 0.129. The van der Waals surface area contributed by atoms with Crippen LogP contribution in [-0.4, -0.2) is 19.0 Å². The van der Waals surface area contributed by atoms with Crippen LogP contribution < -0.4 is 0 Å². The molecule has 2 nitrogen and oxygen atoms in total. The van der Waals surface area contributed by atoms with Crippen LogP contribution in [0.5, 0.6) is 0 Å². The molecular weight excluding hydrogens is 354 g/mol. The highest BCUT2D eigenvalue weighted by Gasteiger charge is 2.02. The molecule has 0 saturated heterocycles. The molecule has 0 heterocycles. The second-order valence-corrected chi connectivity index (χ2v) is 8.29. The lowest BCUT2D eigenvalue weighted by atomic mass is 10.0. The smallest absolute Gasteiger partial charge is 0.216 e. The van der Waals surface area contributed by atoms with Crippen LogP contribution in [0.4, 0.5) is 0 Å². The number of aliphatic imine (C=N–C) groups is 1. The van der Waals surface area contributed by atoms with Gasteiger partial charge >= 0.3 is 0 Å². The number of hydrogen-bond donors (Lipinski definition) is 0. The van der Waals surface area contributed by atoms with Gasteiger partial charge in [-0.3, -0.25) is 4.99 Å². The van der Waals surface area contributed by atoms with Crippen molar-refractivity contribution in [2.75, 3.05) is 13.2 Å². The van der Waals surface area contributed by atoms with E-state index in [0.29, 0.717) is 6.61 Å². The fourth-order valence-electron chi connectivity index (χ4n) is 3.78. The van der Waals surface area contributed by atoms with Crippen LogP contribution in [0.3, 0.4) is 0 Å². The Labute approximate surface area is 181 Å². The summed E-state index contributed by atoms with van der Waals surface area (Å²) in [6.07, 6.45) is 22.4. The van der Waals surface area contributed by atoms with E-state index in [0.717, 1.165) is 18.0 Å². The van der Waals surface area contributed by atoms with E-state index in [1.165, 1.54) is 103 Å². The number of benzene rings is 1. The number of hydrogen-bond acceptors (Lipinski definition) is 2. The zero-order valence-corrected chi connectivity index (χ0v) is 19.5. The van der Waals surface area contributed by atoms with Gasteiger partial charge in [-0.05, 0) is 25.5 Å². The average molecular weight is 402 g/mol. The maximum absolute atomic E-state index is 5.71. The average Bonchev–Trinajstić information content (AvgIpc) is 2.75. The minimum atomic E-state index is 0.673. The molecule has 166 valence electrons. The Morgan fingerprint density at radius 1 is 0.621 bits per heavy atom. The Kier molecular flexibility index (Phi) is 17.7. The van der Waals surface area contributed by atoms with Gasteiger partial charge in [0, 0.05) is 12.1 Å². The highest BCUT2D eigenvalue weighted by Crippen LogP contribution is 2.14. The lowest BCUT2D eigenvalue weighted by molar-refractivity contribution is 0.327. The molecular formula is C27H47NO. The molecule has 29 heavy (non-hydrogen) atoms. The van der Waals surface area contributed by atoms with Crippen LogP contribution >= 0.6 is 0 Å². The summed E-state index contributed by atoms with van der Waals surface area (Å²) in [7, 11) is 0. The lowest BCUT2D eigenvalue weighted by Crippen LogP contribution is -2.07. The molecule has 0 bridgehead atoms. The SMILES string of the molecule is CCCCCCCCCCCCCCCCCC/N=C(\OCC)c1ccccc1. The molecule has 1 aromatic rings. The van der Waals surface area contributed by atoms with Gasteiger partial charge in [-0.1, -0.05) is 121 Å². The normalized spacial score (nSPS) is 11.7. The van der Waals surface area contributed by atoms with Gasteiger partial charge in [0.1, 0.15) is 0 Å². The Hall–Kier alpha value is -1.31. The second-order valence-electron chi connectivity index (χ2n) is 8.29. The van der Waals surface area contributed by atoms with Crippen LogP contribution in [0, 0.1) is 0 Å². The van der Waals surface area contributed by atoms with Crippen molar-refractivity contribution in [3.05, 3.63) is 35.9 Å². The van der Waals surface area contributed by atoms with Crippen molar-refractivity contribution in [1.29, 1.82) is 0 Å². The van der Waals surface area contributed by atoms with Crippen molar-refractivity contribution >= 4 is 5.90 Å². The molecule has 0 spiro atoms. The van der Waals surface area contributed by atoms with Crippen molar-refractivity contribution in [2.45, 2.75) is 117 Å². The molecule has 0 unspecified atom stereocenters. The zero-order chi connectivity index (χ0) is 20.8. The fraction of sp³-hybridized carbons (Fsp3) is 0.741. The lowest BCUT2D eigenvalue weighted by Gasteiger charge is -2.07. The molecule has 0 N–H and O–H groups in total. The van der Waals surface area contributed by atoms with Gasteiger partial charge in [-0.15, -0.1) is 0 Å². The second kappa shape index (κ2) is 20.0. The summed E-state index contributed by atoms with van der Waals surface area (Å²) in [5, 5.41) is 0. The van der Waals surface area contributed by atoms with Crippen LogP contribution in [0.15, 0.2) is 35.3 Å². The molecule has 0 atom stereocenters. The maximum atomic E-state index is 5.71. The van der Waals surface area contributed by atoms with E-state index < -0.39 is 0 Å². The minimum Gasteiger partial charge on any atom is -0.478 e. The Morgan fingerprint density at radius 2 is 1.07 bits per heavy atom. The van der Waals surface area contributed by atoms with Gasteiger partial charge in [0.15, 0.2) is 0 Å². The first kappa shape index (κ1) is 25.7. The molecule has 0 amide bonds. The molecule has 0 aliphatic rings. The standard InChI is InChI=1S/C27H47NO/c1-3-5-6-7-8-9-10-11-12-13-14-15-16-17-18-22-25-28-27(29-4-2)26-23-20-19-21-24-26/h19-21,23-24H,3-18,22,25H2,1-2H3/b28-27-. The van der Waals surface area contributed by atoms with Gasteiger partial charge in [-0.2, -0.15) is 0 Å². The fourth-order valence-corrected chi connectivity index (χ4v) is 3.78. The molecule has 1 rings (SSSR count). The highest BCUT2D eigenvalue weighted by molar-refractivity contribution is 5.94. The van der Waals surface area contributed by atoms with E-state index in [1.807, 2.05) is 25.1 Å². The third-order valence-electron chi connectivity index (χ3n) is 5.57. The van der Waals surface area contributed by atoms with Crippen LogP contribution in [-0.2, 0) is 4.74 Å². The Morgan fingerprint density at radius 3 is 1.52 bits per heavy atom. The van der Waals surface area contributed by atoms with Gasteiger partial charge in [0.25, 0.3) is 0 Å². The van der Waals surface area contributed by atoms with E-state index in [2.05, 4.69) is 24.0 Å². The molecule has 0 aromatic heterocycles. The summed E-state index contributed by atoms with van der Waals surface area (Å²) >= 11 is 0. The Balaban J connectivity index is 1.89. The number of nitrogens with zero attached hydrogens (tertiary/aromatic N) is 1. The monoisotopic (exact) mass is 401 g/mol. The molecule has 0 aliphatic carbocycles. The zero-order valence-electron chi connectivity index (χ0n) is 19.5. The van der Waals surface area contributed by atoms with Crippen LogP contribution in [0.2, 0.25) is 0 Å². The Bertz CT molecular complexity index is 483. The summed E-state index contributed by atoms with van der Waals surface area (Å²) in [5.41, 5.74) is 1.09. The molecule has 0 aliphatic heterocycles. The topological polar surface area (TPSA) is 21.6 Å². The molecule has 2 heteroatoms. The third kappa shape index (κ3) is 15.2. The van der Waals surface area contributed by atoms with E-state index in [-0.39, 0.29) is 0 Å². The highest BCUT2D eigenvalue weighted by atomic mass is 16.5. The summed E-state index contributed by atoms with van der Waals surface area (Å²) in [5.74, 6) is 0.800. The summed E-state index contributed by atoms with van der Waals surface area (Å²) in [6, 6.07) is 10.3. The van der Waals surface area contributed by atoms with E-state index in [4.69, 9.17) is 4.74 Å². The van der Waals surface area contributed by atoms with Crippen LogP contribution in [0.25, 0.3) is 0 Å². The number of unbranched alkanes of at least 4 members (excludes halogenated alkanes) is 15. The van der Waals surface area contributed by atoms with Crippen molar-refractivity contribution in [3.8, 4) is 0 Å².